The Hall–Kier alpha value is -3.68. The lowest BCUT2D eigenvalue weighted by Gasteiger charge is -2.16. The maximum Gasteiger partial charge on any atom is 0.461 e. The zero-order chi connectivity index (χ0) is 25.8. The molecule has 3 rings (SSSR count). The Morgan fingerprint density at radius 2 is 1.66 bits per heavy atom. The molecule has 0 radical (unpaired) electrons. The van der Waals surface area contributed by atoms with Crippen molar-refractivity contribution in [1.29, 1.82) is 0 Å². The van der Waals surface area contributed by atoms with Gasteiger partial charge < -0.3 is 10.1 Å². The van der Waals surface area contributed by atoms with Crippen LogP contribution in [0.2, 0.25) is 5.15 Å². The minimum atomic E-state index is -4.90. The molecule has 0 saturated carbocycles. The lowest BCUT2D eigenvalue weighted by atomic mass is 10.2. The van der Waals surface area contributed by atoms with Crippen LogP contribution in [0.5, 0.6) is 5.75 Å². The summed E-state index contributed by atoms with van der Waals surface area (Å²) < 4.78 is 106. The van der Waals surface area contributed by atoms with Gasteiger partial charge in [-0.2, -0.15) is 45.8 Å². The summed E-state index contributed by atoms with van der Waals surface area (Å²) in [5, 5.41) is 6.23. The Morgan fingerprint density at radius 1 is 0.971 bits per heavy atom. The Bertz CT molecular complexity index is 1210. The molecule has 0 bridgehead atoms. The summed E-state index contributed by atoms with van der Waals surface area (Å²) in [4.78, 5) is 7.79. The number of hydrogen-bond donors (Lipinski definition) is 2. The van der Waals surface area contributed by atoms with Crippen molar-refractivity contribution in [2.24, 2.45) is 5.10 Å². The molecular weight excluding hydrogens is 514 g/mol. The molecule has 35 heavy (non-hydrogen) atoms. The zero-order valence-electron chi connectivity index (χ0n) is 16.9. The van der Waals surface area contributed by atoms with Gasteiger partial charge in [-0.05, 0) is 48.0 Å². The zero-order valence-corrected chi connectivity index (χ0v) is 17.7. The molecule has 0 unspecified atom stereocenters. The van der Waals surface area contributed by atoms with Gasteiger partial charge in [-0.3, -0.25) is 0 Å². The number of nitrogens with zero attached hydrogens (tertiary/aromatic N) is 3. The van der Waals surface area contributed by atoms with E-state index in [1.807, 2.05) is 0 Å². The van der Waals surface area contributed by atoms with Crippen LogP contribution < -0.4 is 15.5 Å². The van der Waals surface area contributed by atoms with Crippen LogP contribution in [-0.2, 0) is 6.18 Å². The maximum absolute atomic E-state index is 13.4. The first-order valence-electron chi connectivity index (χ1n) is 9.26. The molecule has 3 aromatic rings. The highest BCUT2D eigenvalue weighted by molar-refractivity contribution is 6.29. The average Bonchev–Trinajstić information content (AvgIpc) is 2.75. The first kappa shape index (κ1) is 25.9. The monoisotopic (exact) mass is 525 g/mol. The Labute approximate surface area is 196 Å². The molecule has 0 amide bonds. The van der Waals surface area contributed by atoms with E-state index in [0.29, 0.717) is 17.7 Å². The number of hydrogen-bond acceptors (Lipinski definition) is 6. The number of halogens is 9. The van der Waals surface area contributed by atoms with Crippen molar-refractivity contribution < 1.29 is 39.9 Å². The summed E-state index contributed by atoms with van der Waals surface area (Å²) in [7, 11) is 0. The van der Waals surface area contributed by atoms with Crippen molar-refractivity contribution in [2.75, 3.05) is 10.7 Å². The second kappa shape index (κ2) is 10.3. The van der Waals surface area contributed by atoms with Crippen molar-refractivity contribution in [3.8, 4) is 5.75 Å². The Kier molecular flexibility index (Phi) is 7.63. The average molecular weight is 526 g/mol. The van der Waals surface area contributed by atoms with E-state index in [1.54, 1.807) is 0 Å². The summed E-state index contributed by atoms with van der Waals surface area (Å²) in [5.41, 5.74) is 1.15. The highest BCUT2D eigenvalue weighted by Gasteiger charge is 2.43. The van der Waals surface area contributed by atoms with Gasteiger partial charge in [0.25, 0.3) is 0 Å². The molecule has 1 aromatic heterocycles. The van der Waals surface area contributed by atoms with Crippen molar-refractivity contribution in [3.05, 3.63) is 70.6 Å². The molecule has 0 saturated heterocycles. The molecule has 0 aliphatic rings. The minimum absolute atomic E-state index is 0.0381. The minimum Gasteiger partial charge on any atom is -0.428 e. The highest BCUT2D eigenvalue weighted by atomic mass is 35.5. The summed E-state index contributed by atoms with van der Waals surface area (Å²) in [5.74, 6) is -2.15. The number of hydrazone groups is 1. The lowest BCUT2D eigenvalue weighted by Crippen LogP contribution is -2.33. The molecule has 1 heterocycles. The van der Waals surface area contributed by atoms with E-state index in [1.165, 1.54) is 24.4 Å². The fraction of sp³-hybridized carbons (Fsp3) is 0.150. The first-order chi connectivity index (χ1) is 16.3. The molecule has 0 atom stereocenters. The number of benzene rings is 2. The van der Waals surface area contributed by atoms with Crippen LogP contribution in [-0.4, -0.2) is 28.7 Å². The largest absolute Gasteiger partial charge is 0.461 e. The van der Waals surface area contributed by atoms with E-state index in [2.05, 4.69) is 30.5 Å². The van der Waals surface area contributed by atoms with E-state index in [0.717, 1.165) is 18.2 Å². The molecular formula is C20H12ClF8N5O. The smallest absolute Gasteiger partial charge is 0.428 e. The van der Waals surface area contributed by atoms with Gasteiger partial charge in [0.05, 0.1) is 11.8 Å². The third-order valence-corrected chi connectivity index (χ3v) is 4.20. The van der Waals surface area contributed by atoms with E-state index in [-0.39, 0.29) is 22.6 Å². The third kappa shape index (κ3) is 7.15. The normalized spacial score (nSPS) is 12.3. The van der Waals surface area contributed by atoms with Gasteiger partial charge in [-0.15, -0.1) is 0 Å². The summed E-state index contributed by atoms with van der Waals surface area (Å²) in [6, 6.07) is 8.00. The van der Waals surface area contributed by atoms with E-state index < -0.39 is 35.8 Å². The standard InChI is InChI=1S/C20H12ClF8N5O/c21-15-8-16(31-11-3-6-14(22)13(7-11)19(25,26)27)33-18(32-15)34-30-9-10-1-4-12(5-2-10)35-20(28,29)17(23)24/h1-9,17H,(H2,31,32,33,34)/b30-9+. The second-order valence-corrected chi connectivity index (χ2v) is 7.01. The van der Waals surface area contributed by atoms with E-state index in [9.17, 15) is 35.1 Å². The molecule has 15 heteroatoms. The van der Waals surface area contributed by atoms with Gasteiger partial charge in [0, 0.05) is 11.8 Å². The predicted molar refractivity (Wildman–Crippen MR) is 111 cm³/mol. The number of alkyl halides is 7. The third-order valence-electron chi connectivity index (χ3n) is 4.01. The van der Waals surface area contributed by atoms with Crippen LogP contribution in [0.3, 0.4) is 0 Å². The van der Waals surface area contributed by atoms with E-state index >= 15 is 0 Å². The van der Waals surface area contributed by atoms with E-state index in [4.69, 9.17) is 11.6 Å². The molecule has 2 N–H and O–H groups in total. The van der Waals surface area contributed by atoms with Gasteiger partial charge in [-0.1, -0.05) is 11.6 Å². The quantitative estimate of drug-likeness (QED) is 0.148. The summed E-state index contributed by atoms with van der Waals surface area (Å²) in [6.07, 6.45) is -12.3. The maximum atomic E-state index is 13.4. The van der Waals surface area contributed by atoms with Crippen LogP contribution >= 0.6 is 11.6 Å². The second-order valence-electron chi connectivity index (χ2n) is 6.62. The summed E-state index contributed by atoms with van der Waals surface area (Å²) in [6.45, 7) is 0. The van der Waals surface area contributed by atoms with Gasteiger partial charge in [0.15, 0.2) is 0 Å². The highest BCUT2D eigenvalue weighted by Crippen LogP contribution is 2.34. The Morgan fingerprint density at radius 3 is 2.29 bits per heavy atom. The SMILES string of the molecule is Fc1ccc(Nc2cc(Cl)nc(N/N=C/c3ccc(OC(F)(F)C(F)F)cc3)n2)cc1C(F)(F)F. The predicted octanol–water partition coefficient (Wildman–Crippen LogP) is 6.71. The van der Waals surface area contributed by atoms with Crippen LogP contribution in [0.1, 0.15) is 11.1 Å². The van der Waals surface area contributed by atoms with Crippen molar-refractivity contribution in [1.82, 2.24) is 9.97 Å². The Balaban J connectivity index is 1.68. The lowest BCUT2D eigenvalue weighted by molar-refractivity contribution is -0.253. The van der Waals surface area contributed by atoms with Crippen LogP contribution in [0.25, 0.3) is 0 Å². The number of aromatic nitrogens is 2. The number of rotatable bonds is 8. The fourth-order valence-corrected chi connectivity index (χ4v) is 2.67. The fourth-order valence-electron chi connectivity index (χ4n) is 2.49. The molecule has 186 valence electrons. The first-order valence-corrected chi connectivity index (χ1v) is 9.64. The van der Waals surface area contributed by atoms with Crippen LogP contribution in [0.4, 0.5) is 52.6 Å². The van der Waals surface area contributed by atoms with Gasteiger partial charge >= 0.3 is 18.7 Å². The molecule has 0 spiro atoms. The molecule has 6 nitrogen and oxygen atoms in total. The molecule has 0 aliphatic carbocycles. The van der Waals surface area contributed by atoms with Crippen molar-refractivity contribution in [3.63, 3.8) is 0 Å². The van der Waals surface area contributed by atoms with Crippen molar-refractivity contribution in [2.45, 2.75) is 18.7 Å². The van der Waals surface area contributed by atoms with Gasteiger partial charge in [0.2, 0.25) is 5.95 Å². The molecule has 0 fully saturated rings. The molecule has 0 aliphatic heterocycles. The summed E-state index contributed by atoms with van der Waals surface area (Å²) >= 11 is 5.88. The van der Waals surface area contributed by atoms with Crippen LogP contribution in [0.15, 0.2) is 53.6 Å². The van der Waals surface area contributed by atoms with Gasteiger partial charge in [0.1, 0.15) is 22.5 Å². The number of anilines is 3. The van der Waals surface area contributed by atoms with Gasteiger partial charge in [-0.25, -0.2) is 9.82 Å². The topological polar surface area (TPSA) is 71.4 Å². The molecule has 2 aromatic carbocycles. The van der Waals surface area contributed by atoms with Crippen LogP contribution in [0, 0.1) is 5.82 Å². The number of nitrogens with one attached hydrogen (secondary N) is 2. The van der Waals surface area contributed by atoms with Crippen molar-refractivity contribution >= 4 is 35.3 Å². The number of ether oxygens (including phenoxy) is 1.